The van der Waals surface area contributed by atoms with Gasteiger partial charge in [0, 0.05) is 12.1 Å². The molecule has 3 rings (SSSR count). The molecule has 0 aliphatic rings. The van der Waals surface area contributed by atoms with Crippen LogP contribution in [-0.4, -0.2) is 33.4 Å². The molecule has 0 radical (unpaired) electrons. The number of hydrogen-bond acceptors (Lipinski definition) is 5. The van der Waals surface area contributed by atoms with E-state index in [0.29, 0.717) is 16.9 Å². The highest BCUT2D eigenvalue weighted by Gasteiger charge is 2.41. The molecule has 0 atom stereocenters. The lowest BCUT2D eigenvalue weighted by Gasteiger charge is -2.27. The van der Waals surface area contributed by atoms with Gasteiger partial charge < -0.3 is 15.2 Å². The SMILES string of the molecule is CC(C)n1nccc1NC(=O)COC(=O)C(O)(c1ccccc1)c1ccccc1. The molecule has 0 aliphatic heterocycles. The molecule has 29 heavy (non-hydrogen) atoms. The van der Waals surface area contributed by atoms with Crippen molar-refractivity contribution in [3.63, 3.8) is 0 Å². The van der Waals surface area contributed by atoms with E-state index < -0.39 is 24.1 Å². The van der Waals surface area contributed by atoms with Crippen LogP contribution in [0.15, 0.2) is 72.9 Å². The molecule has 0 unspecified atom stereocenters. The van der Waals surface area contributed by atoms with Crippen LogP contribution in [-0.2, 0) is 19.9 Å². The van der Waals surface area contributed by atoms with E-state index in [-0.39, 0.29) is 6.04 Å². The summed E-state index contributed by atoms with van der Waals surface area (Å²) >= 11 is 0. The van der Waals surface area contributed by atoms with Crippen molar-refractivity contribution in [3.8, 4) is 0 Å². The van der Waals surface area contributed by atoms with Crippen molar-refractivity contribution in [1.82, 2.24) is 9.78 Å². The molecule has 0 bridgehead atoms. The minimum absolute atomic E-state index is 0.0594. The summed E-state index contributed by atoms with van der Waals surface area (Å²) in [6.45, 7) is 3.33. The van der Waals surface area contributed by atoms with E-state index in [2.05, 4.69) is 10.4 Å². The first kappa shape index (κ1) is 20.3. The average molecular weight is 393 g/mol. The van der Waals surface area contributed by atoms with E-state index in [4.69, 9.17) is 4.74 Å². The molecule has 150 valence electrons. The van der Waals surface area contributed by atoms with Gasteiger partial charge in [0.25, 0.3) is 5.91 Å². The summed E-state index contributed by atoms with van der Waals surface area (Å²) in [4.78, 5) is 25.2. The van der Waals surface area contributed by atoms with Gasteiger partial charge in [-0.2, -0.15) is 5.10 Å². The summed E-state index contributed by atoms with van der Waals surface area (Å²) in [6.07, 6.45) is 1.57. The Morgan fingerprint density at radius 2 is 1.59 bits per heavy atom. The van der Waals surface area contributed by atoms with Gasteiger partial charge in [-0.1, -0.05) is 60.7 Å². The Kier molecular flexibility index (Phi) is 6.09. The topological polar surface area (TPSA) is 93.5 Å². The van der Waals surface area contributed by atoms with Crippen LogP contribution in [0.5, 0.6) is 0 Å². The van der Waals surface area contributed by atoms with E-state index in [9.17, 15) is 14.7 Å². The van der Waals surface area contributed by atoms with Crippen LogP contribution in [0.25, 0.3) is 0 Å². The number of esters is 1. The maximum absolute atomic E-state index is 12.9. The number of benzene rings is 2. The van der Waals surface area contributed by atoms with Gasteiger partial charge in [-0.05, 0) is 25.0 Å². The van der Waals surface area contributed by atoms with Crippen molar-refractivity contribution in [1.29, 1.82) is 0 Å². The average Bonchev–Trinajstić information content (AvgIpc) is 3.21. The zero-order valence-corrected chi connectivity index (χ0v) is 16.3. The lowest BCUT2D eigenvalue weighted by Crippen LogP contribution is -2.40. The second kappa shape index (κ2) is 8.70. The van der Waals surface area contributed by atoms with E-state index in [1.165, 1.54) is 0 Å². The zero-order valence-electron chi connectivity index (χ0n) is 16.3. The molecule has 0 aliphatic carbocycles. The number of carbonyl (C=O) groups excluding carboxylic acids is 2. The Labute approximate surface area is 168 Å². The van der Waals surface area contributed by atoms with Crippen LogP contribution in [0.1, 0.15) is 31.0 Å². The number of aliphatic hydroxyl groups is 1. The summed E-state index contributed by atoms with van der Waals surface area (Å²) in [5.41, 5.74) is -1.31. The highest BCUT2D eigenvalue weighted by molar-refractivity contribution is 5.93. The first-order valence-electron chi connectivity index (χ1n) is 9.27. The van der Waals surface area contributed by atoms with Crippen LogP contribution < -0.4 is 5.32 Å². The molecule has 0 spiro atoms. The molecular formula is C22H23N3O4. The summed E-state index contributed by atoms with van der Waals surface area (Å²) in [6, 6.07) is 18.7. The maximum atomic E-state index is 12.9. The Hall–Kier alpha value is -3.45. The zero-order chi connectivity index (χ0) is 20.9. The number of rotatable bonds is 7. The molecule has 0 saturated carbocycles. The van der Waals surface area contributed by atoms with E-state index in [1.807, 2.05) is 13.8 Å². The number of amides is 1. The molecule has 2 aromatic carbocycles. The molecule has 2 N–H and O–H groups in total. The summed E-state index contributed by atoms with van der Waals surface area (Å²) in [7, 11) is 0. The minimum Gasteiger partial charge on any atom is -0.453 e. The van der Waals surface area contributed by atoms with Gasteiger partial charge in [0.15, 0.2) is 6.61 Å². The largest absolute Gasteiger partial charge is 0.453 e. The highest BCUT2D eigenvalue weighted by Crippen LogP contribution is 2.31. The Morgan fingerprint density at radius 3 is 2.10 bits per heavy atom. The van der Waals surface area contributed by atoms with Crippen LogP contribution in [0.3, 0.4) is 0 Å². The molecule has 7 nitrogen and oxygen atoms in total. The fourth-order valence-corrected chi connectivity index (χ4v) is 3.00. The predicted octanol–water partition coefficient (Wildman–Crippen LogP) is 2.88. The van der Waals surface area contributed by atoms with Crippen LogP contribution in [0, 0.1) is 0 Å². The van der Waals surface area contributed by atoms with Crippen LogP contribution in [0.2, 0.25) is 0 Å². The third-order valence-corrected chi connectivity index (χ3v) is 4.44. The van der Waals surface area contributed by atoms with Crippen LogP contribution >= 0.6 is 0 Å². The third-order valence-electron chi connectivity index (χ3n) is 4.44. The smallest absolute Gasteiger partial charge is 0.348 e. The lowest BCUT2D eigenvalue weighted by molar-refractivity contribution is -0.164. The van der Waals surface area contributed by atoms with E-state index in [1.54, 1.807) is 77.6 Å². The molecular weight excluding hydrogens is 370 g/mol. The standard InChI is InChI=1S/C22H23N3O4/c1-16(2)25-19(13-14-23-25)24-20(26)15-29-21(27)22(28,17-9-5-3-6-10-17)18-11-7-4-8-12-18/h3-14,16,28H,15H2,1-2H3,(H,24,26). The second-order valence-corrected chi connectivity index (χ2v) is 6.82. The van der Waals surface area contributed by atoms with Gasteiger partial charge >= 0.3 is 5.97 Å². The van der Waals surface area contributed by atoms with Gasteiger partial charge in [-0.15, -0.1) is 0 Å². The number of ether oxygens (including phenoxy) is 1. The van der Waals surface area contributed by atoms with Crippen molar-refractivity contribution in [3.05, 3.63) is 84.1 Å². The van der Waals surface area contributed by atoms with Gasteiger partial charge in [-0.25, -0.2) is 9.48 Å². The quantitative estimate of drug-likeness (QED) is 0.602. The molecule has 1 aromatic heterocycles. The number of carbonyl (C=O) groups is 2. The first-order valence-corrected chi connectivity index (χ1v) is 9.27. The van der Waals surface area contributed by atoms with E-state index in [0.717, 1.165) is 0 Å². The fraction of sp³-hybridized carbons (Fsp3) is 0.227. The highest BCUT2D eigenvalue weighted by atomic mass is 16.6. The van der Waals surface area contributed by atoms with Crippen molar-refractivity contribution < 1.29 is 19.4 Å². The van der Waals surface area contributed by atoms with E-state index >= 15 is 0 Å². The normalized spacial score (nSPS) is 11.3. The number of aromatic nitrogens is 2. The molecule has 0 saturated heterocycles. The molecule has 0 fully saturated rings. The Morgan fingerprint density at radius 1 is 1.03 bits per heavy atom. The van der Waals surface area contributed by atoms with Gasteiger partial charge in [0.1, 0.15) is 5.82 Å². The van der Waals surface area contributed by atoms with Crippen molar-refractivity contribution in [2.75, 3.05) is 11.9 Å². The van der Waals surface area contributed by atoms with Crippen molar-refractivity contribution in [2.24, 2.45) is 0 Å². The monoisotopic (exact) mass is 393 g/mol. The Balaban J connectivity index is 1.76. The number of hydrogen-bond donors (Lipinski definition) is 2. The first-order chi connectivity index (χ1) is 13.9. The molecule has 1 heterocycles. The van der Waals surface area contributed by atoms with Crippen molar-refractivity contribution >= 4 is 17.7 Å². The molecule has 1 amide bonds. The minimum atomic E-state index is -2.03. The summed E-state index contributed by atoms with van der Waals surface area (Å²) in [5.74, 6) is -0.950. The second-order valence-electron chi connectivity index (χ2n) is 6.82. The number of nitrogens with zero attached hydrogens (tertiary/aromatic N) is 2. The van der Waals surface area contributed by atoms with Crippen molar-refractivity contribution in [2.45, 2.75) is 25.5 Å². The molecule has 7 heteroatoms. The summed E-state index contributed by atoms with van der Waals surface area (Å²) < 4.78 is 6.84. The van der Waals surface area contributed by atoms with Gasteiger partial charge in [0.05, 0.1) is 6.20 Å². The van der Waals surface area contributed by atoms with Gasteiger partial charge in [-0.3, -0.25) is 4.79 Å². The number of anilines is 1. The Bertz CT molecular complexity index is 928. The fourth-order valence-electron chi connectivity index (χ4n) is 3.00. The maximum Gasteiger partial charge on any atom is 0.348 e. The van der Waals surface area contributed by atoms with Gasteiger partial charge in [0.2, 0.25) is 5.60 Å². The third kappa shape index (κ3) is 4.35. The lowest BCUT2D eigenvalue weighted by atomic mass is 9.86. The van der Waals surface area contributed by atoms with Crippen LogP contribution in [0.4, 0.5) is 5.82 Å². The molecule has 3 aromatic rings. The number of nitrogens with one attached hydrogen (secondary N) is 1. The predicted molar refractivity (Wildman–Crippen MR) is 108 cm³/mol. The summed E-state index contributed by atoms with van der Waals surface area (Å²) in [5, 5.41) is 18.1.